The van der Waals surface area contributed by atoms with Gasteiger partial charge in [0, 0.05) is 6.54 Å². The molecule has 0 amide bonds. The molecule has 0 aromatic heterocycles. The summed E-state index contributed by atoms with van der Waals surface area (Å²) in [4.78, 5) is 0.0893. The highest BCUT2D eigenvalue weighted by atomic mass is 35.5. The third-order valence-corrected chi connectivity index (χ3v) is 6.36. The molecule has 1 unspecified atom stereocenters. The van der Waals surface area contributed by atoms with Crippen LogP contribution in [0.4, 0.5) is 0 Å². The fourth-order valence-electron chi connectivity index (χ4n) is 2.98. The third-order valence-electron chi connectivity index (χ3n) is 4.13. The molecule has 23 heavy (non-hydrogen) atoms. The van der Waals surface area contributed by atoms with Gasteiger partial charge in [0.05, 0.1) is 34.7 Å². The van der Waals surface area contributed by atoms with Gasteiger partial charge in [-0.3, -0.25) is 0 Å². The van der Waals surface area contributed by atoms with Crippen molar-refractivity contribution in [2.75, 3.05) is 19.8 Å². The molecule has 1 atom stereocenters. The van der Waals surface area contributed by atoms with Crippen LogP contribution in [0.2, 0.25) is 5.02 Å². The average Bonchev–Trinajstić information content (AvgIpc) is 3.09. The quantitative estimate of drug-likeness (QED) is 0.828. The molecule has 8 heteroatoms. The van der Waals surface area contributed by atoms with Crippen molar-refractivity contribution < 1.29 is 17.9 Å². The number of halogens is 1. The van der Waals surface area contributed by atoms with Crippen LogP contribution in [0.1, 0.15) is 24.8 Å². The van der Waals surface area contributed by atoms with Crippen LogP contribution in [-0.4, -0.2) is 44.8 Å². The molecule has 1 aromatic rings. The van der Waals surface area contributed by atoms with Gasteiger partial charge in [-0.25, -0.2) is 8.42 Å². The van der Waals surface area contributed by atoms with E-state index in [2.05, 4.69) is 0 Å². The number of rotatable bonds is 3. The van der Waals surface area contributed by atoms with Crippen molar-refractivity contribution in [3.63, 3.8) is 0 Å². The topological polar surface area (TPSA) is 79.6 Å². The Bertz CT molecular complexity index is 725. The first-order valence-corrected chi connectivity index (χ1v) is 9.30. The molecule has 2 fully saturated rings. The summed E-state index contributed by atoms with van der Waals surface area (Å²) in [7, 11) is -3.72. The van der Waals surface area contributed by atoms with E-state index in [-0.39, 0.29) is 21.5 Å². The van der Waals surface area contributed by atoms with Gasteiger partial charge >= 0.3 is 0 Å². The maximum absolute atomic E-state index is 13.0. The third kappa shape index (κ3) is 3.23. The second-order valence-electron chi connectivity index (χ2n) is 5.54. The maximum Gasteiger partial charge on any atom is 0.243 e. The zero-order chi connectivity index (χ0) is 16.4. The molecule has 3 rings (SSSR count). The molecule has 0 radical (unpaired) electrons. The van der Waals surface area contributed by atoms with Gasteiger partial charge in [0.2, 0.25) is 10.0 Å². The number of hydrogen-bond acceptors (Lipinski definition) is 5. The van der Waals surface area contributed by atoms with Gasteiger partial charge < -0.3 is 9.47 Å². The second kappa shape index (κ2) is 6.75. The number of benzene rings is 1. The minimum Gasteiger partial charge on any atom is -0.349 e. The van der Waals surface area contributed by atoms with Crippen LogP contribution in [0.25, 0.3) is 0 Å². The van der Waals surface area contributed by atoms with Gasteiger partial charge in [-0.15, -0.1) is 0 Å². The van der Waals surface area contributed by atoms with Crippen LogP contribution in [0.15, 0.2) is 23.1 Å². The summed E-state index contributed by atoms with van der Waals surface area (Å²) in [5, 5.41) is 9.05. The van der Waals surface area contributed by atoms with Crippen LogP contribution < -0.4 is 0 Å². The molecule has 1 aromatic carbocycles. The highest BCUT2D eigenvalue weighted by molar-refractivity contribution is 7.89. The van der Waals surface area contributed by atoms with Gasteiger partial charge in [-0.1, -0.05) is 18.0 Å². The van der Waals surface area contributed by atoms with Crippen LogP contribution in [0.5, 0.6) is 0 Å². The first kappa shape index (κ1) is 16.7. The van der Waals surface area contributed by atoms with Crippen molar-refractivity contribution in [3.8, 4) is 6.07 Å². The Morgan fingerprint density at radius 1 is 1.26 bits per heavy atom. The summed E-state index contributed by atoms with van der Waals surface area (Å²) in [5.74, 6) is 0. The van der Waals surface area contributed by atoms with Gasteiger partial charge in [-0.2, -0.15) is 9.57 Å². The lowest BCUT2D eigenvalue weighted by atomic mass is 10.0. The van der Waals surface area contributed by atoms with E-state index in [0.29, 0.717) is 26.2 Å². The normalized spacial score (nSPS) is 23.7. The predicted octanol–water partition coefficient (Wildman–Crippen LogP) is 2.13. The lowest BCUT2D eigenvalue weighted by Gasteiger charge is -2.36. The lowest BCUT2D eigenvalue weighted by molar-refractivity contribution is -0.0913. The van der Waals surface area contributed by atoms with Crippen molar-refractivity contribution in [2.24, 2.45) is 0 Å². The van der Waals surface area contributed by atoms with Crippen molar-refractivity contribution in [3.05, 3.63) is 28.8 Å². The number of piperidine rings is 1. The number of nitrogens with zero attached hydrogens (tertiary/aromatic N) is 2. The second-order valence-corrected chi connectivity index (χ2v) is 7.84. The fraction of sp³-hybridized carbons (Fsp3) is 0.533. The van der Waals surface area contributed by atoms with E-state index < -0.39 is 16.3 Å². The highest BCUT2D eigenvalue weighted by Crippen LogP contribution is 2.31. The molecule has 2 heterocycles. The minimum absolute atomic E-state index is 0.0893. The number of sulfonamides is 1. The van der Waals surface area contributed by atoms with Gasteiger partial charge in [0.15, 0.2) is 6.29 Å². The standard InChI is InChI=1S/C15H17ClN2O4S/c16-13-9-12(5-4-11(13)10-17)23(19,20)18-6-2-1-3-14(18)15-21-7-8-22-15/h4-5,9,14-15H,1-3,6-8H2. The SMILES string of the molecule is N#Cc1ccc(S(=O)(=O)N2CCCCC2C2OCCO2)cc1Cl. The predicted molar refractivity (Wildman–Crippen MR) is 83.4 cm³/mol. The molecular formula is C15H17ClN2O4S. The van der Waals surface area contributed by atoms with E-state index in [1.807, 2.05) is 6.07 Å². The first-order valence-electron chi connectivity index (χ1n) is 7.49. The summed E-state index contributed by atoms with van der Waals surface area (Å²) < 4.78 is 38.4. The van der Waals surface area contributed by atoms with Crippen LogP contribution >= 0.6 is 11.6 Å². The molecule has 0 aliphatic carbocycles. The Morgan fingerprint density at radius 2 is 2.00 bits per heavy atom. The minimum atomic E-state index is -3.72. The Morgan fingerprint density at radius 3 is 2.65 bits per heavy atom. The molecule has 2 saturated heterocycles. The monoisotopic (exact) mass is 356 g/mol. The molecule has 124 valence electrons. The van der Waals surface area contributed by atoms with Crippen LogP contribution in [0, 0.1) is 11.3 Å². The summed E-state index contributed by atoms with van der Waals surface area (Å²) in [6, 6.07) is 5.78. The molecule has 6 nitrogen and oxygen atoms in total. The zero-order valence-electron chi connectivity index (χ0n) is 12.4. The number of ether oxygens (including phenoxy) is 2. The molecule has 0 saturated carbocycles. The first-order chi connectivity index (χ1) is 11.0. The fourth-order valence-corrected chi connectivity index (χ4v) is 4.98. The maximum atomic E-state index is 13.0. The van der Waals surface area contributed by atoms with Crippen molar-refractivity contribution >= 4 is 21.6 Å². The molecule has 0 bridgehead atoms. The smallest absolute Gasteiger partial charge is 0.243 e. The lowest BCUT2D eigenvalue weighted by Crippen LogP contribution is -2.50. The van der Waals surface area contributed by atoms with Crippen LogP contribution in [-0.2, 0) is 19.5 Å². The number of hydrogen-bond donors (Lipinski definition) is 0. The summed E-state index contributed by atoms with van der Waals surface area (Å²) in [6.45, 7) is 1.39. The Hall–Kier alpha value is -1.17. The van der Waals surface area contributed by atoms with Crippen LogP contribution in [0.3, 0.4) is 0 Å². The average molecular weight is 357 g/mol. The van der Waals surface area contributed by atoms with E-state index >= 15 is 0 Å². The van der Waals surface area contributed by atoms with E-state index in [9.17, 15) is 8.42 Å². The summed E-state index contributed by atoms with van der Waals surface area (Å²) in [5.41, 5.74) is 0.253. The van der Waals surface area contributed by atoms with Gasteiger partial charge in [-0.05, 0) is 31.0 Å². The van der Waals surface area contributed by atoms with Crippen molar-refractivity contribution in [2.45, 2.75) is 36.5 Å². The van der Waals surface area contributed by atoms with Gasteiger partial charge in [0.25, 0.3) is 0 Å². The Labute approximate surface area is 140 Å². The van der Waals surface area contributed by atoms with Crippen molar-refractivity contribution in [1.82, 2.24) is 4.31 Å². The number of nitriles is 1. The largest absolute Gasteiger partial charge is 0.349 e. The summed E-state index contributed by atoms with van der Waals surface area (Å²) >= 11 is 5.98. The zero-order valence-corrected chi connectivity index (χ0v) is 14.0. The van der Waals surface area contributed by atoms with E-state index in [0.717, 1.165) is 12.8 Å². The molecule has 2 aliphatic heterocycles. The summed E-state index contributed by atoms with van der Waals surface area (Å²) in [6.07, 6.45) is 1.92. The molecule has 0 N–H and O–H groups in total. The Balaban J connectivity index is 1.93. The van der Waals surface area contributed by atoms with E-state index in [4.69, 9.17) is 26.3 Å². The molecular weight excluding hydrogens is 340 g/mol. The highest BCUT2D eigenvalue weighted by Gasteiger charge is 2.40. The molecule has 2 aliphatic rings. The molecule has 0 spiro atoms. The Kier molecular flexibility index (Phi) is 4.90. The van der Waals surface area contributed by atoms with E-state index in [1.165, 1.54) is 22.5 Å². The van der Waals surface area contributed by atoms with E-state index in [1.54, 1.807) is 0 Å². The van der Waals surface area contributed by atoms with Crippen molar-refractivity contribution in [1.29, 1.82) is 5.26 Å². The van der Waals surface area contributed by atoms with Gasteiger partial charge in [0.1, 0.15) is 6.07 Å².